The predicted octanol–water partition coefficient (Wildman–Crippen LogP) is 3.63. The van der Waals surface area contributed by atoms with Crippen molar-refractivity contribution in [2.45, 2.75) is 6.36 Å². The quantitative estimate of drug-likeness (QED) is 0.897. The van der Waals surface area contributed by atoms with Gasteiger partial charge in [-0.25, -0.2) is 4.98 Å². The maximum absolute atomic E-state index is 12.0. The lowest BCUT2D eigenvalue weighted by Crippen LogP contribution is -2.17. The predicted molar refractivity (Wildman–Crippen MR) is 55.7 cm³/mol. The Balaban J connectivity index is 2.30. The lowest BCUT2D eigenvalue weighted by molar-refractivity contribution is -0.274. The maximum atomic E-state index is 12.0. The summed E-state index contributed by atoms with van der Waals surface area (Å²) in [5, 5.41) is 0.149. The number of halogens is 4. The van der Waals surface area contributed by atoms with Gasteiger partial charge in [-0.1, -0.05) is 11.6 Å². The second-order valence-corrected chi connectivity index (χ2v) is 3.56. The van der Waals surface area contributed by atoms with E-state index in [1.807, 2.05) is 0 Å². The summed E-state index contributed by atoms with van der Waals surface area (Å²) in [7, 11) is 0. The Kier molecular flexibility index (Phi) is 2.97. The summed E-state index contributed by atoms with van der Waals surface area (Å²) in [5.41, 5.74) is 1.17. The zero-order chi connectivity index (χ0) is 12.5. The molecule has 7 heteroatoms. The number of ether oxygens (including phenoxy) is 1. The van der Waals surface area contributed by atoms with Crippen LogP contribution in [0.1, 0.15) is 0 Å². The van der Waals surface area contributed by atoms with Gasteiger partial charge >= 0.3 is 6.36 Å². The zero-order valence-corrected chi connectivity index (χ0v) is 9.01. The van der Waals surface area contributed by atoms with E-state index in [1.165, 1.54) is 24.7 Å². The lowest BCUT2D eigenvalue weighted by Gasteiger charge is -2.10. The average molecular weight is 263 g/mol. The van der Waals surface area contributed by atoms with Crippen molar-refractivity contribution >= 4 is 11.6 Å². The minimum atomic E-state index is -4.72. The summed E-state index contributed by atoms with van der Waals surface area (Å²) in [6.45, 7) is 0. The van der Waals surface area contributed by atoms with Gasteiger partial charge in [0.1, 0.15) is 5.75 Å². The standard InChI is InChI=1S/C10H6ClF3N2O/c11-8-3-6(17-10(12,13)14)1-2-7(8)9-4-15-5-16-9/h1-5H,(H,15,16). The third kappa shape index (κ3) is 2.91. The molecule has 2 aromatic rings. The summed E-state index contributed by atoms with van der Waals surface area (Å²) in [6, 6.07) is 3.72. The monoisotopic (exact) mass is 262 g/mol. The SMILES string of the molecule is FC(F)(F)Oc1ccc(-c2cnc[nH]2)c(Cl)c1. The van der Waals surface area contributed by atoms with Crippen LogP contribution in [0.15, 0.2) is 30.7 Å². The van der Waals surface area contributed by atoms with Crippen LogP contribution in [0, 0.1) is 0 Å². The maximum Gasteiger partial charge on any atom is 0.573 e. The molecule has 3 nitrogen and oxygen atoms in total. The Morgan fingerprint density at radius 2 is 2.06 bits per heavy atom. The number of imidazole rings is 1. The topological polar surface area (TPSA) is 37.9 Å². The molecule has 0 amide bonds. The summed E-state index contributed by atoms with van der Waals surface area (Å²) in [6.07, 6.45) is -1.75. The minimum absolute atomic E-state index is 0.149. The van der Waals surface area contributed by atoms with Gasteiger partial charge in [-0.15, -0.1) is 13.2 Å². The molecule has 90 valence electrons. The van der Waals surface area contributed by atoms with Gasteiger partial charge < -0.3 is 9.72 Å². The molecule has 0 aliphatic carbocycles. The van der Waals surface area contributed by atoms with E-state index in [-0.39, 0.29) is 10.8 Å². The van der Waals surface area contributed by atoms with E-state index in [2.05, 4.69) is 14.7 Å². The molecule has 0 spiro atoms. The van der Waals surface area contributed by atoms with Crippen molar-refractivity contribution in [1.82, 2.24) is 9.97 Å². The normalized spacial score (nSPS) is 11.5. The number of benzene rings is 1. The Hall–Kier alpha value is -1.69. The molecule has 2 rings (SSSR count). The zero-order valence-electron chi connectivity index (χ0n) is 8.25. The van der Waals surface area contributed by atoms with E-state index in [0.29, 0.717) is 11.3 Å². The van der Waals surface area contributed by atoms with Gasteiger partial charge in [0.05, 0.1) is 23.2 Å². The van der Waals surface area contributed by atoms with Gasteiger partial charge in [-0.2, -0.15) is 0 Å². The highest BCUT2D eigenvalue weighted by molar-refractivity contribution is 6.33. The second kappa shape index (κ2) is 4.29. The van der Waals surface area contributed by atoms with Crippen molar-refractivity contribution in [2.75, 3.05) is 0 Å². The van der Waals surface area contributed by atoms with Crippen molar-refractivity contribution in [3.05, 3.63) is 35.7 Å². The highest BCUT2D eigenvalue weighted by atomic mass is 35.5. The number of rotatable bonds is 2. The Morgan fingerprint density at radius 1 is 1.29 bits per heavy atom. The molecular formula is C10H6ClF3N2O. The van der Waals surface area contributed by atoms with Crippen molar-refractivity contribution in [3.8, 4) is 17.0 Å². The number of nitrogens with one attached hydrogen (secondary N) is 1. The Labute approximate surface area is 99.2 Å². The van der Waals surface area contributed by atoms with E-state index in [4.69, 9.17) is 11.6 Å². The highest BCUT2D eigenvalue weighted by Gasteiger charge is 2.31. The first-order chi connectivity index (χ1) is 7.96. The summed E-state index contributed by atoms with van der Waals surface area (Å²) < 4.78 is 39.6. The van der Waals surface area contributed by atoms with Crippen LogP contribution in [-0.4, -0.2) is 16.3 Å². The first-order valence-electron chi connectivity index (χ1n) is 4.50. The first-order valence-corrected chi connectivity index (χ1v) is 4.87. The van der Waals surface area contributed by atoms with Gasteiger partial charge in [0, 0.05) is 5.56 Å². The van der Waals surface area contributed by atoms with Crippen LogP contribution in [0.4, 0.5) is 13.2 Å². The minimum Gasteiger partial charge on any atom is -0.406 e. The van der Waals surface area contributed by atoms with Crippen LogP contribution in [0.3, 0.4) is 0 Å². The number of H-pyrrole nitrogens is 1. The van der Waals surface area contributed by atoms with E-state index in [9.17, 15) is 13.2 Å². The van der Waals surface area contributed by atoms with Gasteiger partial charge in [0.25, 0.3) is 0 Å². The number of nitrogens with zero attached hydrogens (tertiary/aromatic N) is 1. The fourth-order valence-corrected chi connectivity index (χ4v) is 1.59. The molecule has 1 aromatic carbocycles. The Bertz CT molecular complexity index is 511. The van der Waals surface area contributed by atoms with E-state index < -0.39 is 6.36 Å². The smallest absolute Gasteiger partial charge is 0.406 e. The van der Waals surface area contributed by atoms with E-state index >= 15 is 0 Å². The van der Waals surface area contributed by atoms with E-state index in [0.717, 1.165) is 6.07 Å². The molecule has 0 bridgehead atoms. The van der Waals surface area contributed by atoms with Crippen molar-refractivity contribution in [2.24, 2.45) is 0 Å². The summed E-state index contributed by atoms with van der Waals surface area (Å²) in [5.74, 6) is -0.356. The molecule has 0 radical (unpaired) electrons. The number of aromatic nitrogens is 2. The van der Waals surface area contributed by atoms with Crippen LogP contribution in [0.5, 0.6) is 5.75 Å². The van der Waals surface area contributed by atoms with Gasteiger partial charge in [-0.05, 0) is 18.2 Å². The number of hydrogen-bond acceptors (Lipinski definition) is 2. The van der Waals surface area contributed by atoms with Crippen LogP contribution in [0.2, 0.25) is 5.02 Å². The average Bonchev–Trinajstić information content (AvgIpc) is 2.68. The summed E-state index contributed by atoms with van der Waals surface area (Å²) in [4.78, 5) is 6.60. The van der Waals surface area contributed by atoms with Gasteiger partial charge in [0.2, 0.25) is 0 Å². The highest BCUT2D eigenvalue weighted by Crippen LogP contribution is 2.32. The molecule has 1 heterocycles. The number of alkyl halides is 3. The largest absolute Gasteiger partial charge is 0.573 e. The fourth-order valence-electron chi connectivity index (χ4n) is 1.31. The molecule has 0 atom stereocenters. The molecule has 0 saturated carbocycles. The molecular weight excluding hydrogens is 257 g/mol. The molecule has 17 heavy (non-hydrogen) atoms. The van der Waals surface area contributed by atoms with Crippen molar-refractivity contribution < 1.29 is 17.9 Å². The third-order valence-corrected chi connectivity index (χ3v) is 2.28. The molecule has 0 fully saturated rings. The van der Waals surface area contributed by atoms with Crippen molar-refractivity contribution in [1.29, 1.82) is 0 Å². The first kappa shape index (κ1) is 11.8. The number of hydrogen-bond donors (Lipinski definition) is 1. The fraction of sp³-hybridized carbons (Fsp3) is 0.100. The molecule has 0 aliphatic rings. The third-order valence-electron chi connectivity index (χ3n) is 1.96. The molecule has 0 saturated heterocycles. The van der Waals surface area contributed by atoms with Crippen LogP contribution in [-0.2, 0) is 0 Å². The Morgan fingerprint density at radius 3 is 2.59 bits per heavy atom. The number of aromatic amines is 1. The van der Waals surface area contributed by atoms with Crippen LogP contribution >= 0.6 is 11.6 Å². The molecule has 0 aliphatic heterocycles. The second-order valence-electron chi connectivity index (χ2n) is 3.15. The van der Waals surface area contributed by atoms with E-state index in [1.54, 1.807) is 0 Å². The van der Waals surface area contributed by atoms with Crippen LogP contribution in [0.25, 0.3) is 11.3 Å². The lowest BCUT2D eigenvalue weighted by atomic mass is 10.1. The van der Waals surface area contributed by atoms with Crippen molar-refractivity contribution in [3.63, 3.8) is 0 Å². The summed E-state index contributed by atoms with van der Waals surface area (Å²) >= 11 is 5.85. The molecule has 0 unspecified atom stereocenters. The molecule has 1 N–H and O–H groups in total. The molecule has 1 aromatic heterocycles. The van der Waals surface area contributed by atoms with Gasteiger partial charge in [-0.3, -0.25) is 0 Å². The van der Waals surface area contributed by atoms with Crippen LogP contribution < -0.4 is 4.74 Å². The van der Waals surface area contributed by atoms with Gasteiger partial charge in [0.15, 0.2) is 0 Å².